The van der Waals surface area contributed by atoms with E-state index < -0.39 is 0 Å². The minimum Gasteiger partial charge on any atom is -0.290 e. The van der Waals surface area contributed by atoms with E-state index in [1.807, 2.05) is 37.4 Å². The predicted molar refractivity (Wildman–Crippen MR) is 109 cm³/mol. The van der Waals surface area contributed by atoms with Crippen molar-refractivity contribution in [1.29, 1.82) is 0 Å². The molecule has 0 amide bonds. The fraction of sp³-hybridized carbons (Fsp3) is 0.391. The van der Waals surface area contributed by atoms with E-state index >= 15 is 0 Å². The molecule has 0 atom stereocenters. The first-order valence-corrected chi connectivity index (χ1v) is 10.1. The largest absolute Gasteiger partial charge is 0.290 e. The van der Waals surface area contributed by atoms with Gasteiger partial charge in [0.2, 0.25) is 0 Å². The van der Waals surface area contributed by atoms with Gasteiger partial charge in [-0.1, -0.05) is 37.5 Å². The van der Waals surface area contributed by atoms with Crippen LogP contribution >= 0.6 is 0 Å². The van der Waals surface area contributed by atoms with Crippen LogP contribution in [0.15, 0.2) is 53.5 Å². The third kappa shape index (κ3) is 4.30. The molecule has 4 rings (SSSR count). The van der Waals surface area contributed by atoms with E-state index in [-0.39, 0.29) is 11.4 Å². The molecule has 0 unspecified atom stereocenters. The Kier molecular flexibility index (Phi) is 5.53. The highest BCUT2D eigenvalue weighted by Crippen LogP contribution is 2.25. The van der Waals surface area contributed by atoms with Gasteiger partial charge in [-0.2, -0.15) is 0 Å². The van der Waals surface area contributed by atoms with Gasteiger partial charge in [-0.25, -0.2) is 9.37 Å². The predicted octanol–water partition coefficient (Wildman–Crippen LogP) is 4.48. The van der Waals surface area contributed by atoms with Crippen LogP contribution in [0.1, 0.15) is 48.9 Å². The molecule has 3 aromatic rings. The van der Waals surface area contributed by atoms with Gasteiger partial charge >= 0.3 is 0 Å². The Labute approximate surface area is 164 Å². The Morgan fingerprint density at radius 3 is 2.57 bits per heavy atom. The zero-order valence-electron chi connectivity index (χ0n) is 16.3. The molecule has 1 aromatic carbocycles. The molecule has 0 N–H and O–H groups in total. The first kappa shape index (κ1) is 18.8. The van der Waals surface area contributed by atoms with Crippen LogP contribution in [0.3, 0.4) is 0 Å². The molecule has 146 valence electrons. The third-order valence-electron chi connectivity index (χ3n) is 5.62. The fourth-order valence-electron chi connectivity index (χ4n) is 4.13. The van der Waals surface area contributed by atoms with Crippen LogP contribution < -0.4 is 5.56 Å². The molecule has 5 heteroatoms. The maximum atomic E-state index is 13.3. The Morgan fingerprint density at radius 1 is 1.07 bits per heavy atom. The highest BCUT2D eigenvalue weighted by atomic mass is 19.1. The molecule has 0 saturated heterocycles. The molecule has 0 spiro atoms. The lowest BCUT2D eigenvalue weighted by molar-refractivity contribution is 0.138. The maximum Gasteiger partial charge on any atom is 0.258 e. The van der Waals surface area contributed by atoms with Gasteiger partial charge in [0.15, 0.2) is 0 Å². The second-order valence-electron chi connectivity index (χ2n) is 7.84. The second kappa shape index (κ2) is 8.23. The molecule has 4 nitrogen and oxygen atoms in total. The van der Waals surface area contributed by atoms with E-state index in [1.165, 1.54) is 31.4 Å². The lowest BCUT2D eigenvalue weighted by Crippen LogP contribution is -2.36. The van der Waals surface area contributed by atoms with Gasteiger partial charge in [-0.05, 0) is 49.1 Å². The summed E-state index contributed by atoms with van der Waals surface area (Å²) < 4.78 is 14.9. The van der Waals surface area contributed by atoms with Crippen molar-refractivity contribution in [1.82, 2.24) is 14.3 Å². The van der Waals surface area contributed by atoms with Crippen molar-refractivity contribution in [3.63, 3.8) is 0 Å². The monoisotopic (exact) mass is 379 g/mol. The van der Waals surface area contributed by atoms with Gasteiger partial charge in [0.05, 0.1) is 5.69 Å². The van der Waals surface area contributed by atoms with E-state index in [0.29, 0.717) is 18.2 Å². The number of hydrogen-bond acceptors (Lipinski definition) is 3. The van der Waals surface area contributed by atoms with Crippen LogP contribution in [0.2, 0.25) is 0 Å². The summed E-state index contributed by atoms with van der Waals surface area (Å²) in [5, 5.41) is 0. The lowest BCUT2D eigenvalue weighted by atomic mass is 9.93. The normalized spacial score (nSPS) is 15.4. The Hall–Kier alpha value is -2.53. The number of rotatable bonds is 5. The Bertz CT molecular complexity index is 1010. The average molecular weight is 379 g/mol. The molecular weight excluding hydrogens is 353 g/mol. The van der Waals surface area contributed by atoms with Crippen molar-refractivity contribution < 1.29 is 4.39 Å². The van der Waals surface area contributed by atoms with Crippen LogP contribution in [0.4, 0.5) is 4.39 Å². The number of nitrogens with zero attached hydrogens (tertiary/aromatic N) is 3. The number of pyridine rings is 1. The number of hydrogen-bond donors (Lipinski definition) is 0. The summed E-state index contributed by atoms with van der Waals surface area (Å²) in [7, 11) is 0. The number of aryl methyl sites for hydroxylation is 1. The van der Waals surface area contributed by atoms with Crippen LogP contribution in [0.25, 0.3) is 5.65 Å². The first-order valence-electron chi connectivity index (χ1n) is 10.1. The summed E-state index contributed by atoms with van der Waals surface area (Å²) in [6.45, 7) is 3.33. The average Bonchev–Trinajstić information content (AvgIpc) is 2.70. The van der Waals surface area contributed by atoms with Crippen molar-refractivity contribution in [2.24, 2.45) is 0 Å². The van der Waals surface area contributed by atoms with E-state index in [4.69, 9.17) is 4.98 Å². The Morgan fingerprint density at radius 2 is 1.82 bits per heavy atom. The highest BCUT2D eigenvalue weighted by molar-refractivity contribution is 5.40. The van der Waals surface area contributed by atoms with E-state index in [0.717, 1.165) is 36.2 Å². The molecule has 2 aromatic heterocycles. The smallest absolute Gasteiger partial charge is 0.258 e. The summed E-state index contributed by atoms with van der Waals surface area (Å²) in [6, 6.07) is 12.7. The summed E-state index contributed by atoms with van der Waals surface area (Å²) in [5.41, 5.74) is 3.54. The van der Waals surface area contributed by atoms with Gasteiger partial charge in [0, 0.05) is 31.4 Å². The van der Waals surface area contributed by atoms with Crippen LogP contribution in [0.5, 0.6) is 0 Å². The number of halogens is 1. The molecule has 0 bridgehead atoms. The van der Waals surface area contributed by atoms with Gasteiger partial charge in [0.1, 0.15) is 11.5 Å². The topological polar surface area (TPSA) is 37.6 Å². The third-order valence-corrected chi connectivity index (χ3v) is 5.62. The summed E-state index contributed by atoms with van der Waals surface area (Å²) in [4.78, 5) is 19.7. The Balaban J connectivity index is 1.62. The standard InChI is InChI=1S/C23H26FN3O/c1-17-7-12-22-25-20(13-23(28)27(22)14-17)16-26(21-5-3-2-4-6-21)15-18-8-10-19(24)11-9-18/h7-14,21H,2-6,15-16H2,1H3. The van der Waals surface area contributed by atoms with Gasteiger partial charge in [-0.3, -0.25) is 14.1 Å². The number of aromatic nitrogens is 2. The van der Waals surface area contributed by atoms with Crippen LogP contribution in [-0.4, -0.2) is 20.3 Å². The van der Waals surface area contributed by atoms with Gasteiger partial charge in [-0.15, -0.1) is 0 Å². The molecule has 1 fully saturated rings. The van der Waals surface area contributed by atoms with Crippen molar-refractivity contribution >= 4 is 5.65 Å². The van der Waals surface area contributed by atoms with Crippen molar-refractivity contribution in [2.45, 2.75) is 58.2 Å². The highest BCUT2D eigenvalue weighted by Gasteiger charge is 2.22. The van der Waals surface area contributed by atoms with Crippen molar-refractivity contribution in [2.75, 3.05) is 0 Å². The molecular formula is C23H26FN3O. The van der Waals surface area contributed by atoms with E-state index in [9.17, 15) is 9.18 Å². The van der Waals surface area contributed by atoms with Gasteiger partial charge in [0.25, 0.3) is 5.56 Å². The van der Waals surface area contributed by atoms with Crippen molar-refractivity contribution in [3.05, 3.63) is 81.7 Å². The number of fused-ring (bicyclic) bond motifs is 1. The minimum absolute atomic E-state index is 0.0472. The number of benzene rings is 1. The zero-order chi connectivity index (χ0) is 19.5. The fourth-order valence-corrected chi connectivity index (χ4v) is 4.13. The van der Waals surface area contributed by atoms with Crippen LogP contribution in [0, 0.1) is 12.7 Å². The molecule has 2 heterocycles. The molecule has 28 heavy (non-hydrogen) atoms. The van der Waals surface area contributed by atoms with Crippen LogP contribution in [-0.2, 0) is 13.1 Å². The molecule has 1 saturated carbocycles. The van der Waals surface area contributed by atoms with E-state index in [2.05, 4.69) is 4.90 Å². The summed E-state index contributed by atoms with van der Waals surface area (Å²) in [5.74, 6) is -0.215. The molecule has 0 radical (unpaired) electrons. The maximum absolute atomic E-state index is 13.3. The molecule has 1 aliphatic carbocycles. The molecule has 0 aliphatic heterocycles. The lowest BCUT2D eigenvalue weighted by Gasteiger charge is -2.34. The second-order valence-corrected chi connectivity index (χ2v) is 7.84. The molecule has 1 aliphatic rings. The first-order chi connectivity index (χ1) is 13.6. The van der Waals surface area contributed by atoms with Crippen molar-refractivity contribution in [3.8, 4) is 0 Å². The SMILES string of the molecule is Cc1ccc2nc(CN(Cc3ccc(F)cc3)C3CCCCC3)cc(=O)n2c1. The minimum atomic E-state index is -0.215. The van der Waals surface area contributed by atoms with Gasteiger partial charge < -0.3 is 0 Å². The summed E-state index contributed by atoms with van der Waals surface area (Å²) >= 11 is 0. The zero-order valence-corrected chi connectivity index (χ0v) is 16.3. The quantitative estimate of drug-likeness (QED) is 0.656. The summed E-state index contributed by atoms with van der Waals surface area (Å²) in [6.07, 6.45) is 7.90. The van der Waals surface area contributed by atoms with E-state index in [1.54, 1.807) is 10.5 Å².